The van der Waals surface area contributed by atoms with Crippen molar-refractivity contribution >= 4 is 17.7 Å². The molecule has 7 nitrogen and oxygen atoms in total. The summed E-state index contributed by atoms with van der Waals surface area (Å²) in [6, 6.07) is 6.36. The zero-order valence-electron chi connectivity index (χ0n) is 11.5. The molecule has 0 aliphatic carbocycles. The first-order valence-electron chi connectivity index (χ1n) is 6.39. The Morgan fingerprint density at radius 3 is 2.62 bits per heavy atom. The highest BCUT2D eigenvalue weighted by Gasteiger charge is 2.21. The highest BCUT2D eigenvalue weighted by Crippen LogP contribution is 2.10. The zero-order chi connectivity index (χ0) is 15.2. The van der Waals surface area contributed by atoms with E-state index in [4.69, 9.17) is 5.11 Å². The van der Waals surface area contributed by atoms with Crippen LogP contribution in [0, 0.1) is 6.92 Å². The summed E-state index contributed by atoms with van der Waals surface area (Å²) < 4.78 is 0. The summed E-state index contributed by atoms with van der Waals surface area (Å²) in [5, 5.41) is 13.7. The first-order valence-corrected chi connectivity index (χ1v) is 6.39. The first kappa shape index (κ1) is 14.6. The number of hydrogen-bond acceptors (Lipinski definition) is 3. The van der Waals surface area contributed by atoms with Crippen molar-refractivity contribution in [3.63, 3.8) is 0 Å². The number of hydrogen-bond donors (Lipinski definition) is 4. The van der Waals surface area contributed by atoms with Gasteiger partial charge in [-0.2, -0.15) is 0 Å². The molecule has 0 radical (unpaired) electrons. The quantitative estimate of drug-likeness (QED) is 0.669. The van der Waals surface area contributed by atoms with Crippen LogP contribution in [-0.2, 0) is 11.2 Å². The Labute approximate surface area is 121 Å². The lowest BCUT2D eigenvalue weighted by Gasteiger charge is -2.16. The van der Waals surface area contributed by atoms with Gasteiger partial charge in [-0.15, -0.1) is 0 Å². The SMILES string of the molecule is Cc1ccc(NC(=O)[C@@H](Cc2cnc[nH]2)NC(=O)O)cc1. The molecule has 110 valence electrons. The fourth-order valence-electron chi connectivity index (χ4n) is 1.84. The molecule has 4 N–H and O–H groups in total. The Morgan fingerprint density at radius 2 is 2.05 bits per heavy atom. The number of H-pyrrole nitrogens is 1. The lowest BCUT2D eigenvalue weighted by Crippen LogP contribution is -2.44. The van der Waals surface area contributed by atoms with Crippen LogP contribution in [0.2, 0.25) is 0 Å². The highest BCUT2D eigenvalue weighted by atomic mass is 16.4. The van der Waals surface area contributed by atoms with E-state index in [0.29, 0.717) is 11.4 Å². The molecule has 2 aromatic rings. The Kier molecular flexibility index (Phi) is 4.55. The van der Waals surface area contributed by atoms with Crippen LogP contribution in [0.25, 0.3) is 0 Å². The fraction of sp³-hybridized carbons (Fsp3) is 0.214. The number of benzene rings is 1. The standard InChI is InChI=1S/C14H16N4O3/c1-9-2-4-10(5-3-9)17-13(19)12(18-14(20)21)6-11-7-15-8-16-11/h2-5,7-8,12,18H,6H2,1H3,(H,15,16)(H,17,19)(H,20,21)/t12-/m1/s1. The van der Waals surface area contributed by atoms with E-state index in [-0.39, 0.29) is 6.42 Å². The fourth-order valence-corrected chi connectivity index (χ4v) is 1.84. The second-order valence-corrected chi connectivity index (χ2v) is 4.64. The first-order chi connectivity index (χ1) is 10.0. The van der Waals surface area contributed by atoms with Crippen molar-refractivity contribution in [2.75, 3.05) is 5.32 Å². The number of aryl methyl sites for hydroxylation is 1. The van der Waals surface area contributed by atoms with Gasteiger partial charge in [0.05, 0.1) is 6.33 Å². The van der Waals surface area contributed by atoms with Crippen molar-refractivity contribution in [3.05, 3.63) is 48.0 Å². The van der Waals surface area contributed by atoms with Crippen molar-refractivity contribution in [3.8, 4) is 0 Å². The molecule has 0 saturated heterocycles. The van der Waals surface area contributed by atoms with Gasteiger partial charge in [0, 0.05) is 24.0 Å². The minimum atomic E-state index is -1.25. The predicted octanol–water partition coefficient (Wildman–Crippen LogP) is 1.54. The molecule has 2 amide bonds. The molecule has 0 aliphatic heterocycles. The van der Waals surface area contributed by atoms with Gasteiger partial charge in [0.15, 0.2) is 0 Å². The van der Waals surface area contributed by atoms with Crippen LogP contribution in [0.5, 0.6) is 0 Å². The summed E-state index contributed by atoms with van der Waals surface area (Å²) in [6.45, 7) is 1.94. The molecule has 0 unspecified atom stereocenters. The number of aromatic nitrogens is 2. The maximum atomic E-state index is 12.2. The summed E-state index contributed by atoms with van der Waals surface area (Å²) in [6.07, 6.45) is 1.98. The molecule has 1 atom stereocenters. The van der Waals surface area contributed by atoms with Gasteiger partial charge in [0.2, 0.25) is 5.91 Å². The van der Waals surface area contributed by atoms with Gasteiger partial charge in [-0.25, -0.2) is 9.78 Å². The summed E-state index contributed by atoms with van der Waals surface area (Å²) in [4.78, 5) is 29.7. The molecule has 2 rings (SSSR count). The van der Waals surface area contributed by atoms with Crippen LogP contribution in [0.15, 0.2) is 36.8 Å². The molecule has 1 heterocycles. The van der Waals surface area contributed by atoms with E-state index in [0.717, 1.165) is 5.56 Å². The Morgan fingerprint density at radius 1 is 1.33 bits per heavy atom. The van der Waals surface area contributed by atoms with Gasteiger partial charge in [0.25, 0.3) is 0 Å². The molecule has 1 aromatic heterocycles. The number of imidazole rings is 1. The van der Waals surface area contributed by atoms with E-state index in [1.165, 1.54) is 6.33 Å². The predicted molar refractivity (Wildman–Crippen MR) is 77.0 cm³/mol. The lowest BCUT2D eigenvalue weighted by atomic mass is 10.1. The maximum absolute atomic E-state index is 12.2. The van der Waals surface area contributed by atoms with E-state index in [1.807, 2.05) is 19.1 Å². The molecule has 0 spiro atoms. The van der Waals surface area contributed by atoms with Crippen LogP contribution in [0.3, 0.4) is 0 Å². The second-order valence-electron chi connectivity index (χ2n) is 4.64. The normalized spacial score (nSPS) is 11.7. The molecule has 1 aromatic carbocycles. The number of carbonyl (C=O) groups excluding carboxylic acids is 1. The summed E-state index contributed by atoms with van der Waals surface area (Å²) in [5.41, 5.74) is 2.37. The summed E-state index contributed by atoms with van der Waals surface area (Å²) in [5.74, 6) is -0.421. The van der Waals surface area contributed by atoms with Crippen LogP contribution in [-0.4, -0.2) is 33.1 Å². The molecular formula is C14H16N4O3. The molecular weight excluding hydrogens is 272 g/mol. The van der Waals surface area contributed by atoms with Crippen LogP contribution >= 0.6 is 0 Å². The minimum absolute atomic E-state index is 0.198. The number of carboxylic acid groups (broad SMARTS) is 1. The van der Waals surface area contributed by atoms with Gasteiger partial charge in [-0.3, -0.25) is 4.79 Å². The van der Waals surface area contributed by atoms with E-state index in [1.54, 1.807) is 18.3 Å². The number of aromatic amines is 1. The number of nitrogens with zero attached hydrogens (tertiary/aromatic N) is 1. The minimum Gasteiger partial charge on any atom is -0.465 e. The van der Waals surface area contributed by atoms with Gasteiger partial charge in [0.1, 0.15) is 6.04 Å². The zero-order valence-corrected chi connectivity index (χ0v) is 11.5. The maximum Gasteiger partial charge on any atom is 0.405 e. The number of rotatable bonds is 5. The average molecular weight is 288 g/mol. The van der Waals surface area contributed by atoms with Crippen molar-refractivity contribution in [1.29, 1.82) is 0 Å². The van der Waals surface area contributed by atoms with Gasteiger partial charge in [-0.1, -0.05) is 17.7 Å². The molecule has 21 heavy (non-hydrogen) atoms. The van der Waals surface area contributed by atoms with Crippen molar-refractivity contribution < 1.29 is 14.7 Å². The number of anilines is 1. The lowest BCUT2D eigenvalue weighted by molar-refractivity contribution is -0.118. The van der Waals surface area contributed by atoms with Gasteiger partial charge in [-0.05, 0) is 19.1 Å². The monoisotopic (exact) mass is 288 g/mol. The van der Waals surface area contributed by atoms with Crippen molar-refractivity contribution in [2.45, 2.75) is 19.4 Å². The topological polar surface area (TPSA) is 107 Å². The summed E-state index contributed by atoms with van der Waals surface area (Å²) >= 11 is 0. The van der Waals surface area contributed by atoms with Crippen LogP contribution in [0.4, 0.5) is 10.5 Å². The Hall–Kier alpha value is -2.83. The molecule has 0 saturated carbocycles. The van der Waals surface area contributed by atoms with Crippen molar-refractivity contribution in [2.24, 2.45) is 0 Å². The third-order valence-electron chi connectivity index (χ3n) is 2.91. The van der Waals surface area contributed by atoms with E-state index < -0.39 is 18.0 Å². The third kappa shape index (κ3) is 4.34. The molecule has 0 fully saturated rings. The summed E-state index contributed by atoms with van der Waals surface area (Å²) in [7, 11) is 0. The van der Waals surface area contributed by atoms with Gasteiger partial charge < -0.3 is 20.7 Å². The van der Waals surface area contributed by atoms with Crippen LogP contribution < -0.4 is 10.6 Å². The molecule has 0 aliphatic rings. The van der Waals surface area contributed by atoms with Crippen molar-refractivity contribution in [1.82, 2.24) is 15.3 Å². The van der Waals surface area contributed by atoms with Gasteiger partial charge >= 0.3 is 6.09 Å². The van der Waals surface area contributed by atoms with E-state index >= 15 is 0 Å². The molecule has 0 bridgehead atoms. The third-order valence-corrected chi connectivity index (χ3v) is 2.91. The van der Waals surface area contributed by atoms with E-state index in [2.05, 4.69) is 20.6 Å². The number of amides is 2. The Bertz CT molecular complexity index is 608. The average Bonchev–Trinajstić information content (AvgIpc) is 2.93. The smallest absolute Gasteiger partial charge is 0.405 e. The highest BCUT2D eigenvalue weighted by molar-refractivity contribution is 5.96. The molecule has 7 heteroatoms. The van der Waals surface area contributed by atoms with E-state index in [9.17, 15) is 9.59 Å². The largest absolute Gasteiger partial charge is 0.465 e. The second kappa shape index (κ2) is 6.56. The number of carbonyl (C=O) groups is 2. The Balaban J connectivity index is 2.06. The number of nitrogens with one attached hydrogen (secondary N) is 3. The van der Waals surface area contributed by atoms with Crippen LogP contribution in [0.1, 0.15) is 11.3 Å².